The maximum absolute atomic E-state index is 11.7. The molecule has 1 saturated carbocycles. The van der Waals surface area contributed by atoms with Crippen LogP contribution in [0.15, 0.2) is 0 Å². The van der Waals surface area contributed by atoms with Gasteiger partial charge < -0.3 is 0 Å². The molecule has 0 bridgehead atoms. The second-order valence-corrected chi connectivity index (χ2v) is 5.69. The van der Waals surface area contributed by atoms with Gasteiger partial charge in [-0.25, -0.2) is 0 Å². The Bertz CT molecular complexity index is 201. The van der Waals surface area contributed by atoms with Gasteiger partial charge in [-0.1, -0.05) is 34.6 Å². The van der Waals surface area contributed by atoms with Crippen molar-refractivity contribution < 1.29 is 4.79 Å². The van der Waals surface area contributed by atoms with Crippen LogP contribution >= 0.6 is 0 Å². The second-order valence-electron chi connectivity index (χ2n) is 5.69. The van der Waals surface area contributed by atoms with Crippen molar-refractivity contribution in [2.75, 3.05) is 0 Å². The summed E-state index contributed by atoms with van der Waals surface area (Å²) in [6.45, 7) is 10.7. The van der Waals surface area contributed by atoms with Gasteiger partial charge in [-0.3, -0.25) is 4.79 Å². The molecule has 1 fully saturated rings. The monoisotopic (exact) mass is 168 g/mol. The smallest absolute Gasteiger partial charge is 0.141 e. The van der Waals surface area contributed by atoms with Gasteiger partial charge >= 0.3 is 0 Å². The van der Waals surface area contributed by atoms with Crippen LogP contribution in [0.25, 0.3) is 0 Å². The van der Waals surface area contributed by atoms with E-state index in [0.29, 0.717) is 11.2 Å². The van der Waals surface area contributed by atoms with Crippen LogP contribution in [0.2, 0.25) is 0 Å². The van der Waals surface area contributed by atoms with Gasteiger partial charge in [0.05, 0.1) is 0 Å². The summed E-state index contributed by atoms with van der Waals surface area (Å²) in [6, 6.07) is 0. The van der Waals surface area contributed by atoms with E-state index in [9.17, 15) is 4.79 Å². The lowest BCUT2D eigenvalue weighted by Gasteiger charge is -2.42. The molecule has 0 aromatic carbocycles. The molecule has 1 unspecified atom stereocenters. The van der Waals surface area contributed by atoms with Gasteiger partial charge in [0.1, 0.15) is 5.78 Å². The van der Waals surface area contributed by atoms with Gasteiger partial charge in [0, 0.05) is 11.3 Å². The molecule has 1 heteroatoms. The van der Waals surface area contributed by atoms with E-state index < -0.39 is 0 Å². The fourth-order valence-electron chi connectivity index (χ4n) is 2.94. The van der Waals surface area contributed by atoms with Crippen LogP contribution in [0, 0.1) is 16.7 Å². The van der Waals surface area contributed by atoms with Gasteiger partial charge in [-0.15, -0.1) is 0 Å². The van der Waals surface area contributed by atoms with E-state index in [1.165, 1.54) is 0 Å². The molecule has 0 amide bonds. The first-order chi connectivity index (χ1) is 5.25. The summed E-state index contributed by atoms with van der Waals surface area (Å²) in [5.74, 6) is 0.700. The molecule has 12 heavy (non-hydrogen) atoms. The molecule has 1 rings (SSSR count). The molecule has 0 aromatic rings. The van der Waals surface area contributed by atoms with Crippen LogP contribution in [-0.4, -0.2) is 5.78 Å². The molecule has 0 N–H and O–H groups in total. The number of hydrogen-bond donors (Lipinski definition) is 0. The van der Waals surface area contributed by atoms with E-state index in [2.05, 4.69) is 34.6 Å². The van der Waals surface area contributed by atoms with E-state index in [-0.39, 0.29) is 11.3 Å². The van der Waals surface area contributed by atoms with Crippen molar-refractivity contribution in [3.63, 3.8) is 0 Å². The summed E-state index contributed by atoms with van der Waals surface area (Å²) in [4.78, 5) is 11.7. The Morgan fingerprint density at radius 2 is 1.75 bits per heavy atom. The summed E-state index contributed by atoms with van der Waals surface area (Å²) in [5, 5.41) is 0. The normalized spacial score (nSPS) is 33.4. The van der Waals surface area contributed by atoms with Crippen molar-refractivity contribution in [3.8, 4) is 0 Å². The van der Waals surface area contributed by atoms with E-state index in [4.69, 9.17) is 0 Å². The van der Waals surface area contributed by atoms with Crippen molar-refractivity contribution in [2.45, 2.75) is 47.5 Å². The van der Waals surface area contributed by atoms with Crippen molar-refractivity contribution in [3.05, 3.63) is 0 Å². The van der Waals surface area contributed by atoms with Crippen molar-refractivity contribution >= 4 is 5.78 Å². The lowest BCUT2D eigenvalue weighted by atomic mass is 9.61. The Morgan fingerprint density at radius 3 is 2.17 bits per heavy atom. The van der Waals surface area contributed by atoms with Crippen LogP contribution in [0.1, 0.15) is 47.5 Å². The number of carbonyl (C=O) groups excluding carboxylic acids is 1. The number of carbonyl (C=O) groups is 1. The molecule has 0 radical (unpaired) electrons. The zero-order valence-electron chi connectivity index (χ0n) is 8.90. The van der Waals surface area contributed by atoms with Crippen molar-refractivity contribution in [1.82, 2.24) is 0 Å². The topological polar surface area (TPSA) is 17.1 Å². The summed E-state index contributed by atoms with van der Waals surface area (Å²) in [6.07, 6.45) is 2.08. The Balaban J connectivity index is 2.87. The molecular weight excluding hydrogens is 148 g/mol. The standard InChI is InChI=1S/C11H20O/c1-8-6-10(2,3)7-11(4,5)9(8)12/h8H,6-7H2,1-5H3. The van der Waals surface area contributed by atoms with Gasteiger partial charge in [0.15, 0.2) is 0 Å². The highest BCUT2D eigenvalue weighted by Gasteiger charge is 2.43. The zero-order chi connectivity index (χ0) is 9.57. The zero-order valence-corrected chi connectivity index (χ0v) is 8.90. The highest BCUT2D eigenvalue weighted by molar-refractivity contribution is 5.86. The molecule has 0 aromatic heterocycles. The Labute approximate surface area is 75.5 Å². The maximum Gasteiger partial charge on any atom is 0.141 e. The van der Waals surface area contributed by atoms with Crippen molar-refractivity contribution in [1.29, 1.82) is 0 Å². The highest BCUT2D eigenvalue weighted by atomic mass is 16.1. The lowest BCUT2D eigenvalue weighted by Crippen LogP contribution is -2.41. The number of hydrogen-bond acceptors (Lipinski definition) is 1. The van der Waals surface area contributed by atoms with Crippen LogP contribution in [0.5, 0.6) is 0 Å². The molecule has 0 aliphatic heterocycles. The minimum absolute atomic E-state index is 0.0961. The SMILES string of the molecule is CC1CC(C)(C)CC(C)(C)C1=O. The Kier molecular flexibility index (Phi) is 2.10. The number of rotatable bonds is 0. The highest BCUT2D eigenvalue weighted by Crippen LogP contribution is 2.45. The molecular formula is C11H20O. The number of ketones is 1. The quantitative estimate of drug-likeness (QED) is 0.543. The maximum atomic E-state index is 11.7. The minimum atomic E-state index is -0.0961. The predicted octanol–water partition coefficient (Wildman–Crippen LogP) is 3.04. The van der Waals surface area contributed by atoms with Crippen LogP contribution < -0.4 is 0 Å². The molecule has 1 aliphatic rings. The third-order valence-electron chi connectivity index (χ3n) is 2.89. The average Bonchev–Trinajstić information content (AvgIpc) is 1.79. The van der Waals surface area contributed by atoms with Crippen LogP contribution in [0.3, 0.4) is 0 Å². The fourth-order valence-corrected chi connectivity index (χ4v) is 2.94. The van der Waals surface area contributed by atoms with Gasteiger partial charge in [-0.05, 0) is 18.3 Å². The first kappa shape index (κ1) is 9.76. The Hall–Kier alpha value is -0.330. The minimum Gasteiger partial charge on any atom is -0.299 e. The molecule has 1 nitrogen and oxygen atoms in total. The lowest BCUT2D eigenvalue weighted by molar-refractivity contribution is -0.137. The summed E-state index contributed by atoms with van der Waals surface area (Å²) >= 11 is 0. The summed E-state index contributed by atoms with van der Waals surface area (Å²) in [7, 11) is 0. The molecule has 0 saturated heterocycles. The Morgan fingerprint density at radius 1 is 1.25 bits per heavy atom. The fraction of sp³-hybridized carbons (Fsp3) is 0.909. The third kappa shape index (κ3) is 1.70. The second kappa shape index (κ2) is 2.58. The average molecular weight is 168 g/mol. The van der Waals surface area contributed by atoms with Gasteiger partial charge in [0.25, 0.3) is 0 Å². The van der Waals surface area contributed by atoms with Crippen LogP contribution in [0.4, 0.5) is 0 Å². The van der Waals surface area contributed by atoms with Gasteiger partial charge in [-0.2, -0.15) is 0 Å². The van der Waals surface area contributed by atoms with E-state index in [1.807, 2.05) is 0 Å². The first-order valence-corrected chi connectivity index (χ1v) is 4.79. The first-order valence-electron chi connectivity index (χ1n) is 4.79. The van der Waals surface area contributed by atoms with E-state index >= 15 is 0 Å². The number of Topliss-reactive ketones (excluding diaryl/α,β-unsaturated/α-hetero) is 1. The molecule has 1 aliphatic carbocycles. The molecule has 70 valence electrons. The summed E-state index contributed by atoms with van der Waals surface area (Å²) in [5.41, 5.74) is 0.248. The summed E-state index contributed by atoms with van der Waals surface area (Å²) < 4.78 is 0. The predicted molar refractivity (Wildman–Crippen MR) is 51.0 cm³/mol. The van der Waals surface area contributed by atoms with E-state index in [1.54, 1.807) is 0 Å². The molecule has 1 atom stereocenters. The van der Waals surface area contributed by atoms with E-state index in [0.717, 1.165) is 12.8 Å². The van der Waals surface area contributed by atoms with Crippen molar-refractivity contribution in [2.24, 2.45) is 16.7 Å². The van der Waals surface area contributed by atoms with Gasteiger partial charge in [0.2, 0.25) is 0 Å². The molecule has 0 spiro atoms. The third-order valence-corrected chi connectivity index (χ3v) is 2.89. The largest absolute Gasteiger partial charge is 0.299 e. The molecule has 0 heterocycles. The van der Waals surface area contributed by atoms with Crippen LogP contribution in [-0.2, 0) is 4.79 Å².